The van der Waals surface area contributed by atoms with Gasteiger partial charge in [-0.05, 0) is 67.2 Å². The molecule has 1 fully saturated rings. The van der Waals surface area contributed by atoms with E-state index in [-0.39, 0.29) is 17.5 Å². The summed E-state index contributed by atoms with van der Waals surface area (Å²) in [6, 6.07) is 14.8. The van der Waals surface area contributed by atoms with Crippen LogP contribution in [0.5, 0.6) is 5.75 Å². The van der Waals surface area contributed by atoms with Crippen LogP contribution in [0.15, 0.2) is 48.5 Å². The van der Waals surface area contributed by atoms with Crippen LogP contribution >= 0.6 is 0 Å². The van der Waals surface area contributed by atoms with Gasteiger partial charge >= 0.3 is 5.97 Å². The summed E-state index contributed by atoms with van der Waals surface area (Å²) in [5, 5.41) is 0.684. The number of nitrogens with zero attached hydrogens (tertiary/aromatic N) is 2. The van der Waals surface area contributed by atoms with Gasteiger partial charge in [-0.15, -0.1) is 0 Å². The minimum Gasteiger partial charge on any atom is -0.497 e. The molecule has 0 radical (unpaired) electrons. The maximum Gasteiger partial charge on any atom is 0.339 e. The van der Waals surface area contributed by atoms with Gasteiger partial charge in [0.05, 0.1) is 35.4 Å². The maximum atomic E-state index is 13.4. The van der Waals surface area contributed by atoms with Crippen molar-refractivity contribution >= 4 is 44.3 Å². The zero-order chi connectivity index (χ0) is 26.9. The molecule has 1 aromatic heterocycles. The molecule has 2 heterocycles. The molecule has 1 aliphatic carbocycles. The van der Waals surface area contributed by atoms with Crippen molar-refractivity contribution in [1.82, 2.24) is 9.88 Å². The van der Waals surface area contributed by atoms with E-state index in [0.717, 1.165) is 34.6 Å². The van der Waals surface area contributed by atoms with Gasteiger partial charge in [-0.2, -0.15) is 0 Å². The number of carbonyl (C=O) groups excluding carboxylic acids is 2. The highest BCUT2D eigenvalue weighted by Crippen LogP contribution is 2.38. The number of aromatic nitrogens is 1. The molecular formula is C29H30N2O6S. The van der Waals surface area contributed by atoms with Gasteiger partial charge < -0.3 is 14.4 Å². The van der Waals surface area contributed by atoms with E-state index in [9.17, 15) is 18.0 Å². The van der Waals surface area contributed by atoms with E-state index in [0.29, 0.717) is 35.9 Å². The molecule has 5 rings (SSSR count). The standard InChI is InChI=1S/C29H30N2O6S/c1-3-31(21-14-15-38(34,35)18-21)26(32)17-37-29(33)27-23-6-4-5-7-25(23)30-28-20(10-13-24(27)28)16-19-8-11-22(36-2)12-9-19/h4-9,11-12,16,21H,3,10,13-15,17-18H2,1-2H3/b20-16-/t21-/m0/s1. The quantitative estimate of drug-likeness (QED) is 0.423. The van der Waals surface area contributed by atoms with E-state index in [1.165, 1.54) is 4.90 Å². The number of ether oxygens (including phenoxy) is 2. The lowest BCUT2D eigenvalue weighted by molar-refractivity contribution is -0.136. The second-order valence-corrected chi connectivity index (χ2v) is 11.8. The van der Waals surface area contributed by atoms with Crippen molar-refractivity contribution in [2.45, 2.75) is 32.2 Å². The number of hydrogen-bond donors (Lipinski definition) is 0. The lowest BCUT2D eigenvalue weighted by atomic mass is 10.0. The summed E-state index contributed by atoms with van der Waals surface area (Å²) >= 11 is 0. The van der Waals surface area contributed by atoms with Crippen molar-refractivity contribution in [2.75, 3.05) is 31.8 Å². The van der Waals surface area contributed by atoms with Crippen LogP contribution in [0.3, 0.4) is 0 Å². The second kappa shape index (κ2) is 10.6. The van der Waals surface area contributed by atoms with E-state index in [2.05, 4.69) is 6.08 Å². The van der Waals surface area contributed by atoms with Crippen molar-refractivity contribution in [2.24, 2.45) is 0 Å². The molecule has 38 heavy (non-hydrogen) atoms. The molecule has 1 saturated heterocycles. The largest absolute Gasteiger partial charge is 0.497 e. The topological polar surface area (TPSA) is 103 Å². The van der Waals surface area contributed by atoms with Gasteiger partial charge in [0.2, 0.25) is 0 Å². The van der Waals surface area contributed by atoms with Crippen molar-refractivity contribution in [3.05, 3.63) is 70.9 Å². The minimum atomic E-state index is -3.14. The molecule has 1 atom stereocenters. The molecule has 0 N–H and O–H groups in total. The smallest absolute Gasteiger partial charge is 0.339 e. The van der Waals surface area contributed by atoms with E-state index >= 15 is 0 Å². The van der Waals surface area contributed by atoms with Gasteiger partial charge in [0.15, 0.2) is 16.4 Å². The van der Waals surface area contributed by atoms with E-state index in [4.69, 9.17) is 14.5 Å². The number of hydrogen-bond acceptors (Lipinski definition) is 7. The van der Waals surface area contributed by atoms with Crippen molar-refractivity contribution in [1.29, 1.82) is 0 Å². The highest BCUT2D eigenvalue weighted by molar-refractivity contribution is 7.91. The number of fused-ring (bicyclic) bond motifs is 2. The van der Waals surface area contributed by atoms with E-state index < -0.39 is 28.3 Å². The summed E-state index contributed by atoms with van der Waals surface area (Å²) in [7, 11) is -1.51. The maximum absolute atomic E-state index is 13.4. The number of carbonyl (C=O) groups is 2. The first-order valence-electron chi connectivity index (χ1n) is 12.7. The number of sulfone groups is 1. The van der Waals surface area contributed by atoms with Gasteiger partial charge in [0.25, 0.3) is 5.91 Å². The molecule has 2 aliphatic rings. The summed E-state index contributed by atoms with van der Waals surface area (Å²) in [5.74, 6) is -0.166. The first-order valence-corrected chi connectivity index (χ1v) is 14.6. The number of methoxy groups -OCH3 is 1. The van der Waals surface area contributed by atoms with Crippen LogP contribution in [0.25, 0.3) is 22.6 Å². The van der Waals surface area contributed by atoms with Crippen LogP contribution in [-0.4, -0.2) is 68.0 Å². The van der Waals surface area contributed by atoms with E-state index in [1.807, 2.05) is 48.5 Å². The fraction of sp³-hybridized carbons (Fsp3) is 0.345. The third-order valence-electron chi connectivity index (χ3n) is 7.24. The molecule has 3 aromatic rings. The van der Waals surface area contributed by atoms with Gasteiger partial charge in [-0.25, -0.2) is 18.2 Å². The van der Waals surface area contributed by atoms with Crippen molar-refractivity contribution in [3.8, 4) is 5.75 Å². The predicted molar refractivity (Wildman–Crippen MR) is 146 cm³/mol. The highest BCUT2D eigenvalue weighted by atomic mass is 32.2. The number of benzene rings is 2. The Morgan fingerprint density at radius 1 is 1.11 bits per heavy atom. The molecule has 0 bridgehead atoms. The summed E-state index contributed by atoms with van der Waals surface area (Å²) in [4.78, 5) is 32.8. The van der Waals surface area contributed by atoms with Crippen LogP contribution in [0, 0.1) is 0 Å². The predicted octanol–water partition coefficient (Wildman–Crippen LogP) is 3.92. The Bertz CT molecular complexity index is 1530. The number of esters is 1. The third-order valence-corrected chi connectivity index (χ3v) is 8.99. The number of para-hydroxylation sites is 1. The Morgan fingerprint density at radius 2 is 1.87 bits per heavy atom. The molecular weight excluding hydrogens is 504 g/mol. The van der Waals surface area contributed by atoms with Crippen LogP contribution in [0.2, 0.25) is 0 Å². The van der Waals surface area contributed by atoms with Gasteiger partial charge in [-0.1, -0.05) is 30.3 Å². The number of pyridine rings is 1. The molecule has 198 valence electrons. The summed E-state index contributed by atoms with van der Waals surface area (Å²) in [5.41, 5.74) is 4.73. The Hall–Kier alpha value is -3.72. The Labute approximate surface area is 222 Å². The summed E-state index contributed by atoms with van der Waals surface area (Å²) in [6.07, 6.45) is 3.83. The fourth-order valence-corrected chi connectivity index (χ4v) is 7.09. The first kappa shape index (κ1) is 25.9. The highest BCUT2D eigenvalue weighted by Gasteiger charge is 2.34. The molecule has 2 aromatic carbocycles. The molecule has 9 heteroatoms. The fourth-order valence-electron chi connectivity index (χ4n) is 5.36. The summed E-state index contributed by atoms with van der Waals surface area (Å²) in [6.45, 7) is 1.71. The average Bonchev–Trinajstić information content (AvgIpc) is 3.48. The Morgan fingerprint density at radius 3 is 2.55 bits per heavy atom. The normalized spacial score (nSPS) is 18.9. The van der Waals surface area contributed by atoms with Crippen LogP contribution < -0.4 is 4.74 Å². The number of rotatable bonds is 7. The molecule has 8 nitrogen and oxygen atoms in total. The van der Waals surface area contributed by atoms with Crippen LogP contribution in [-0.2, 0) is 25.8 Å². The van der Waals surface area contributed by atoms with Crippen molar-refractivity contribution < 1.29 is 27.5 Å². The van der Waals surface area contributed by atoms with Gasteiger partial charge in [0.1, 0.15) is 5.75 Å². The lowest BCUT2D eigenvalue weighted by Crippen LogP contribution is -2.43. The Kier molecular flexibility index (Phi) is 7.21. The van der Waals surface area contributed by atoms with Crippen molar-refractivity contribution in [3.63, 3.8) is 0 Å². The van der Waals surface area contributed by atoms with E-state index in [1.54, 1.807) is 14.0 Å². The average molecular weight is 535 g/mol. The zero-order valence-corrected chi connectivity index (χ0v) is 22.3. The number of likely N-dealkylation sites (N-methyl/N-ethyl adjacent to an activating group) is 1. The summed E-state index contributed by atoms with van der Waals surface area (Å²) < 4.78 is 34.6. The first-order chi connectivity index (χ1) is 18.3. The molecule has 0 spiro atoms. The third kappa shape index (κ3) is 5.15. The Balaban J connectivity index is 1.42. The van der Waals surface area contributed by atoms with Gasteiger partial charge in [0, 0.05) is 18.0 Å². The molecule has 0 unspecified atom stereocenters. The SMILES string of the molecule is CCN(C(=O)COC(=O)c1c2c(nc3ccccc13)/C(=C\c1ccc(OC)cc1)CC2)[C@H]1CCS(=O)(=O)C1. The van der Waals surface area contributed by atoms with Gasteiger partial charge in [-0.3, -0.25) is 4.79 Å². The minimum absolute atomic E-state index is 0.0493. The molecule has 1 amide bonds. The molecule has 0 saturated carbocycles. The number of amides is 1. The monoisotopic (exact) mass is 534 g/mol. The van der Waals surface area contributed by atoms with Crippen LogP contribution in [0.1, 0.15) is 46.9 Å². The van der Waals surface area contributed by atoms with Crippen LogP contribution in [0.4, 0.5) is 0 Å². The molecule has 1 aliphatic heterocycles. The second-order valence-electron chi connectivity index (χ2n) is 9.59. The lowest BCUT2D eigenvalue weighted by Gasteiger charge is -2.26. The number of allylic oxidation sites excluding steroid dienone is 1. The zero-order valence-electron chi connectivity index (χ0n) is 21.5.